The number of sulfonamides is 1. The van der Waals surface area contributed by atoms with Gasteiger partial charge in [-0.1, -0.05) is 61.0 Å². The molecule has 0 spiro atoms. The van der Waals surface area contributed by atoms with E-state index in [9.17, 15) is 13.2 Å². The topological polar surface area (TPSA) is 75.7 Å². The SMILES string of the molecule is CS(=O)(=O)N[C@@H]1CCCN(C(=O)OCC2CCC2)[C@@H]1Cc1cccc(-c2ccccc2)c1. The summed E-state index contributed by atoms with van der Waals surface area (Å²) < 4.78 is 32.5. The molecule has 2 atom stereocenters. The number of amides is 1. The highest BCUT2D eigenvalue weighted by atomic mass is 32.2. The number of ether oxygens (including phenoxy) is 1. The molecule has 1 saturated heterocycles. The minimum absolute atomic E-state index is 0.293. The number of nitrogens with zero attached hydrogens (tertiary/aromatic N) is 1. The lowest BCUT2D eigenvalue weighted by Gasteiger charge is -2.41. The molecule has 1 aliphatic carbocycles. The van der Waals surface area contributed by atoms with E-state index >= 15 is 0 Å². The normalized spacial score (nSPS) is 21.7. The van der Waals surface area contributed by atoms with Gasteiger partial charge >= 0.3 is 6.09 Å². The maximum absolute atomic E-state index is 13.0. The summed E-state index contributed by atoms with van der Waals surface area (Å²) in [7, 11) is -3.40. The molecule has 1 N–H and O–H groups in total. The summed E-state index contributed by atoms with van der Waals surface area (Å²) in [4.78, 5) is 14.7. The van der Waals surface area contributed by atoms with Crippen LogP contribution in [0.5, 0.6) is 0 Å². The van der Waals surface area contributed by atoms with Crippen molar-refractivity contribution in [3.05, 3.63) is 60.2 Å². The molecule has 2 aromatic carbocycles. The van der Waals surface area contributed by atoms with Crippen molar-refractivity contribution in [2.45, 2.75) is 50.6 Å². The molecular weight excluding hydrogens is 424 g/mol. The molecule has 0 unspecified atom stereocenters. The van der Waals surface area contributed by atoms with E-state index in [0.717, 1.165) is 36.0 Å². The van der Waals surface area contributed by atoms with Crippen LogP contribution in [0.4, 0.5) is 4.79 Å². The Morgan fingerprint density at radius 1 is 1.03 bits per heavy atom. The van der Waals surface area contributed by atoms with E-state index in [1.165, 1.54) is 12.7 Å². The molecule has 2 aliphatic rings. The zero-order chi connectivity index (χ0) is 22.6. The zero-order valence-corrected chi connectivity index (χ0v) is 19.4. The molecule has 2 aromatic rings. The Kier molecular flexibility index (Phi) is 7.16. The summed E-state index contributed by atoms with van der Waals surface area (Å²) >= 11 is 0. The summed E-state index contributed by atoms with van der Waals surface area (Å²) in [6, 6.07) is 17.8. The first-order valence-corrected chi connectivity index (χ1v) is 13.3. The third kappa shape index (κ3) is 5.90. The van der Waals surface area contributed by atoms with Gasteiger partial charge in [-0.15, -0.1) is 0 Å². The molecule has 1 amide bonds. The van der Waals surface area contributed by atoms with E-state index < -0.39 is 10.0 Å². The van der Waals surface area contributed by atoms with Crippen molar-refractivity contribution in [1.82, 2.24) is 9.62 Å². The summed E-state index contributed by atoms with van der Waals surface area (Å²) in [5, 5.41) is 0. The van der Waals surface area contributed by atoms with Gasteiger partial charge in [-0.2, -0.15) is 0 Å². The first kappa shape index (κ1) is 22.8. The highest BCUT2D eigenvalue weighted by molar-refractivity contribution is 7.88. The number of carbonyl (C=O) groups is 1. The lowest BCUT2D eigenvalue weighted by atomic mass is 9.86. The summed E-state index contributed by atoms with van der Waals surface area (Å²) in [5.74, 6) is 0.467. The average Bonchev–Trinajstić information content (AvgIpc) is 2.73. The van der Waals surface area contributed by atoms with Crippen molar-refractivity contribution in [3.63, 3.8) is 0 Å². The van der Waals surface area contributed by atoms with Crippen molar-refractivity contribution in [2.75, 3.05) is 19.4 Å². The molecule has 1 aliphatic heterocycles. The lowest BCUT2D eigenvalue weighted by molar-refractivity contribution is 0.0447. The number of piperidine rings is 1. The van der Waals surface area contributed by atoms with Gasteiger partial charge < -0.3 is 9.64 Å². The fourth-order valence-corrected chi connectivity index (χ4v) is 5.45. The molecule has 4 rings (SSSR count). The predicted molar refractivity (Wildman–Crippen MR) is 126 cm³/mol. The lowest BCUT2D eigenvalue weighted by Crippen LogP contribution is -2.58. The third-order valence-electron chi connectivity index (χ3n) is 6.53. The first-order chi connectivity index (χ1) is 15.4. The molecule has 2 fully saturated rings. The first-order valence-electron chi connectivity index (χ1n) is 11.4. The second-order valence-electron chi connectivity index (χ2n) is 9.04. The minimum Gasteiger partial charge on any atom is -0.449 e. The monoisotopic (exact) mass is 456 g/mol. The van der Waals surface area contributed by atoms with Crippen LogP contribution in [0, 0.1) is 5.92 Å². The highest BCUT2D eigenvalue weighted by Crippen LogP contribution is 2.28. The Morgan fingerprint density at radius 3 is 2.47 bits per heavy atom. The van der Waals surface area contributed by atoms with Crippen molar-refractivity contribution in [1.29, 1.82) is 0 Å². The Bertz CT molecular complexity index is 1020. The highest BCUT2D eigenvalue weighted by Gasteiger charge is 2.37. The smallest absolute Gasteiger partial charge is 0.410 e. The van der Waals surface area contributed by atoms with Crippen LogP contribution in [0.2, 0.25) is 0 Å². The van der Waals surface area contributed by atoms with Crippen LogP contribution < -0.4 is 4.72 Å². The second-order valence-corrected chi connectivity index (χ2v) is 10.8. The quantitative estimate of drug-likeness (QED) is 0.677. The fraction of sp³-hybridized carbons (Fsp3) is 0.480. The maximum Gasteiger partial charge on any atom is 0.410 e. The number of hydrogen-bond acceptors (Lipinski definition) is 4. The van der Waals surface area contributed by atoms with Gasteiger partial charge in [-0.05, 0) is 54.7 Å². The molecule has 6 nitrogen and oxygen atoms in total. The van der Waals surface area contributed by atoms with Gasteiger partial charge in [0.1, 0.15) is 0 Å². The van der Waals surface area contributed by atoms with Crippen LogP contribution in [0.3, 0.4) is 0 Å². The molecule has 1 heterocycles. The minimum atomic E-state index is -3.40. The number of nitrogens with one attached hydrogen (secondary N) is 1. The van der Waals surface area contributed by atoms with Gasteiger partial charge in [-0.25, -0.2) is 17.9 Å². The van der Waals surface area contributed by atoms with Crippen molar-refractivity contribution >= 4 is 16.1 Å². The molecule has 1 saturated carbocycles. The van der Waals surface area contributed by atoms with E-state index in [1.54, 1.807) is 4.90 Å². The fourth-order valence-electron chi connectivity index (χ4n) is 4.63. The van der Waals surface area contributed by atoms with Crippen LogP contribution in [0.15, 0.2) is 54.6 Å². The van der Waals surface area contributed by atoms with Crippen molar-refractivity contribution in [2.24, 2.45) is 5.92 Å². The molecular formula is C25H32N2O4S. The summed E-state index contributed by atoms with van der Waals surface area (Å²) in [6.07, 6.45) is 6.27. The van der Waals surface area contributed by atoms with E-state index in [2.05, 4.69) is 29.0 Å². The molecule has 172 valence electrons. The van der Waals surface area contributed by atoms with Gasteiger partial charge in [0, 0.05) is 12.6 Å². The average molecular weight is 457 g/mol. The second kappa shape index (κ2) is 10.0. The van der Waals surface area contributed by atoms with E-state index in [-0.39, 0.29) is 18.2 Å². The van der Waals surface area contributed by atoms with E-state index in [0.29, 0.717) is 31.9 Å². The van der Waals surface area contributed by atoms with Crippen molar-refractivity contribution in [3.8, 4) is 11.1 Å². The molecule has 0 bridgehead atoms. The summed E-state index contributed by atoms with van der Waals surface area (Å²) in [6.45, 7) is 1.03. The molecule has 0 aromatic heterocycles. The largest absolute Gasteiger partial charge is 0.449 e. The van der Waals surface area contributed by atoms with E-state index in [1.807, 2.05) is 30.3 Å². The van der Waals surface area contributed by atoms with Crippen molar-refractivity contribution < 1.29 is 17.9 Å². The van der Waals surface area contributed by atoms with Crippen LogP contribution in [-0.4, -0.2) is 50.9 Å². The van der Waals surface area contributed by atoms with Crippen LogP contribution in [0.1, 0.15) is 37.7 Å². The van der Waals surface area contributed by atoms with Gasteiger partial charge in [0.25, 0.3) is 0 Å². The van der Waals surface area contributed by atoms with Gasteiger partial charge in [0.15, 0.2) is 0 Å². The van der Waals surface area contributed by atoms with Crippen LogP contribution in [-0.2, 0) is 21.2 Å². The number of likely N-dealkylation sites (tertiary alicyclic amines) is 1. The number of rotatable bonds is 7. The molecule has 0 radical (unpaired) electrons. The predicted octanol–water partition coefficient (Wildman–Crippen LogP) is 4.22. The summed E-state index contributed by atoms with van der Waals surface area (Å²) in [5.41, 5.74) is 3.29. The zero-order valence-electron chi connectivity index (χ0n) is 18.6. The number of carbonyl (C=O) groups excluding carboxylic acids is 1. The van der Waals surface area contributed by atoms with Crippen LogP contribution >= 0.6 is 0 Å². The molecule has 7 heteroatoms. The number of hydrogen-bond donors (Lipinski definition) is 1. The Balaban J connectivity index is 1.55. The van der Waals surface area contributed by atoms with Gasteiger partial charge in [-0.3, -0.25) is 0 Å². The standard InChI is InChI=1S/C25H32N2O4S/c1-32(29,30)26-23-14-7-15-27(25(28)31-18-19-8-5-9-19)24(23)17-20-10-6-13-22(16-20)21-11-3-2-4-12-21/h2-4,6,10-13,16,19,23-24,26H,5,7-9,14-15,17-18H2,1H3/t23-,24-/m1/s1. The molecule has 32 heavy (non-hydrogen) atoms. The number of benzene rings is 2. The third-order valence-corrected chi connectivity index (χ3v) is 7.26. The maximum atomic E-state index is 13.0. The Hall–Kier alpha value is -2.38. The van der Waals surface area contributed by atoms with Crippen LogP contribution in [0.25, 0.3) is 11.1 Å². The van der Waals surface area contributed by atoms with E-state index in [4.69, 9.17) is 4.74 Å². The Labute approximate surface area is 191 Å². The van der Waals surface area contributed by atoms with Gasteiger partial charge in [0.2, 0.25) is 10.0 Å². The van der Waals surface area contributed by atoms with Gasteiger partial charge in [0.05, 0.1) is 18.9 Å². The Morgan fingerprint density at radius 2 is 1.78 bits per heavy atom.